The Morgan fingerprint density at radius 1 is 1.29 bits per heavy atom. The molecule has 1 aliphatic rings. The molecule has 0 bridgehead atoms. The van der Waals surface area contributed by atoms with Gasteiger partial charge in [-0.2, -0.15) is 0 Å². The lowest BCUT2D eigenvalue weighted by atomic mass is 10.1. The molecule has 0 radical (unpaired) electrons. The van der Waals surface area contributed by atoms with Gasteiger partial charge in [0.25, 0.3) is 5.91 Å². The normalized spacial score (nSPS) is 15.1. The molecule has 21 heavy (non-hydrogen) atoms. The SMILES string of the molecule is COC(=O)Cc1ccc(OCC(=O)N[C@@H](C)C2CC2)cc1. The fourth-order valence-corrected chi connectivity index (χ4v) is 2.10. The first kappa shape index (κ1) is 15.4. The third-order valence-corrected chi connectivity index (χ3v) is 3.59. The summed E-state index contributed by atoms with van der Waals surface area (Å²) in [5, 5.41) is 2.93. The van der Waals surface area contributed by atoms with Crippen LogP contribution in [0.4, 0.5) is 0 Å². The fourth-order valence-electron chi connectivity index (χ4n) is 2.10. The highest BCUT2D eigenvalue weighted by Crippen LogP contribution is 2.32. The van der Waals surface area contributed by atoms with Crippen LogP contribution in [0.2, 0.25) is 0 Å². The molecule has 1 aromatic rings. The number of benzene rings is 1. The molecule has 0 aromatic heterocycles. The van der Waals surface area contributed by atoms with Gasteiger partial charge in [0, 0.05) is 6.04 Å². The topological polar surface area (TPSA) is 64.6 Å². The van der Waals surface area contributed by atoms with Crippen LogP contribution in [0.25, 0.3) is 0 Å². The van der Waals surface area contributed by atoms with Crippen LogP contribution in [-0.2, 0) is 20.7 Å². The summed E-state index contributed by atoms with van der Waals surface area (Å²) in [6, 6.07) is 7.29. The van der Waals surface area contributed by atoms with Gasteiger partial charge in [-0.3, -0.25) is 9.59 Å². The number of ether oxygens (including phenoxy) is 2. The summed E-state index contributed by atoms with van der Waals surface area (Å²) in [6.45, 7) is 2.03. The number of hydrogen-bond acceptors (Lipinski definition) is 4. The number of hydrogen-bond donors (Lipinski definition) is 1. The van der Waals surface area contributed by atoms with E-state index in [1.54, 1.807) is 24.3 Å². The van der Waals surface area contributed by atoms with Crippen LogP contribution in [0, 0.1) is 5.92 Å². The Morgan fingerprint density at radius 3 is 2.52 bits per heavy atom. The zero-order valence-electron chi connectivity index (χ0n) is 12.4. The number of nitrogens with one attached hydrogen (secondary N) is 1. The molecule has 2 rings (SSSR count). The molecule has 114 valence electrons. The standard InChI is InChI=1S/C16H21NO4/c1-11(13-5-6-13)17-15(18)10-21-14-7-3-12(4-8-14)9-16(19)20-2/h3-4,7-8,11,13H,5-6,9-10H2,1-2H3,(H,17,18)/t11-/m0/s1. The first-order valence-corrected chi connectivity index (χ1v) is 7.16. The molecule has 0 saturated heterocycles. The third kappa shape index (κ3) is 5.10. The summed E-state index contributed by atoms with van der Waals surface area (Å²) in [7, 11) is 1.36. The maximum absolute atomic E-state index is 11.7. The minimum atomic E-state index is -0.280. The van der Waals surface area contributed by atoms with E-state index in [-0.39, 0.29) is 30.9 Å². The molecule has 0 aliphatic heterocycles. The fraction of sp³-hybridized carbons (Fsp3) is 0.500. The molecule has 5 nitrogen and oxygen atoms in total. The summed E-state index contributed by atoms with van der Waals surface area (Å²) in [5.41, 5.74) is 0.848. The lowest BCUT2D eigenvalue weighted by Gasteiger charge is -2.13. The van der Waals surface area contributed by atoms with Crippen molar-refractivity contribution in [1.82, 2.24) is 5.32 Å². The number of methoxy groups -OCH3 is 1. The molecule has 1 aliphatic carbocycles. The van der Waals surface area contributed by atoms with E-state index in [2.05, 4.69) is 10.1 Å². The number of carbonyl (C=O) groups excluding carboxylic acids is 2. The average molecular weight is 291 g/mol. The van der Waals surface area contributed by atoms with Crippen LogP contribution in [0.15, 0.2) is 24.3 Å². The van der Waals surface area contributed by atoms with Gasteiger partial charge in [0.1, 0.15) is 5.75 Å². The minimum absolute atomic E-state index is 0.00735. The molecule has 0 heterocycles. The van der Waals surface area contributed by atoms with Crippen LogP contribution >= 0.6 is 0 Å². The Balaban J connectivity index is 1.74. The van der Waals surface area contributed by atoms with Crippen molar-refractivity contribution in [3.05, 3.63) is 29.8 Å². The van der Waals surface area contributed by atoms with E-state index in [9.17, 15) is 9.59 Å². The first-order valence-electron chi connectivity index (χ1n) is 7.16. The highest BCUT2D eigenvalue weighted by atomic mass is 16.5. The Bertz CT molecular complexity index is 494. The molecule has 1 N–H and O–H groups in total. The van der Waals surface area contributed by atoms with Crippen LogP contribution in [-0.4, -0.2) is 31.6 Å². The van der Waals surface area contributed by atoms with Crippen molar-refractivity contribution in [2.45, 2.75) is 32.2 Å². The number of amides is 1. The maximum atomic E-state index is 11.7. The van der Waals surface area contributed by atoms with E-state index in [0.717, 1.165) is 5.56 Å². The number of rotatable bonds is 7. The van der Waals surface area contributed by atoms with Crippen molar-refractivity contribution in [2.24, 2.45) is 5.92 Å². The lowest BCUT2D eigenvalue weighted by Crippen LogP contribution is -2.37. The minimum Gasteiger partial charge on any atom is -0.484 e. The van der Waals surface area contributed by atoms with Crippen molar-refractivity contribution in [1.29, 1.82) is 0 Å². The zero-order chi connectivity index (χ0) is 15.2. The van der Waals surface area contributed by atoms with Gasteiger partial charge in [-0.1, -0.05) is 12.1 Å². The summed E-state index contributed by atoms with van der Waals surface area (Å²) in [5.74, 6) is 0.856. The average Bonchev–Trinajstić information content (AvgIpc) is 3.31. The summed E-state index contributed by atoms with van der Waals surface area (Å²) < 4.78 is 10.0. The van der Waals surface area contributed by atoms with Crippen molar-refractivity contribution >= 4 is 11.9 Å². The summed E-state index contributed by atoms with van der Waals surface area (Å²) in [6.07, 6.45) is 2.63. The quantitative estimate of drug-likeness (QED) is 0.777. The van der Waals surface area contributed by atoms with Crippen molar-refractivity contribution in [3.8, 4) is 5.75 Å². The van der Waals surface area contributed by atoms with E-state index in [4.69, 9.17) is 4.74 Å². The largest absolute Gasteiger partial charge is 0.484 e. The molecule has 0 unspecified atom stereocenters. The van der Waals surface area contributed by atoms with Crippen molar-refractivity contribution in [3.63, 3.8) is 0 Å². The van der Waals surface area contributed by atoms with Gasteiger partial charge in [0.05, 0.1) is 13.5 Å². The molecule has 1 saturated carbocycles. The monoisotopic (exact) mass is 291 g/mol. The molecule has 1 amide bonds. The third-order valence-electron chi connectivity index (χ3n) is 3.59. The van der Waals surface area contributed by atoms with Gasteiger partial charge in [0.15, 0.2) is 6.61 Å². The van der Waals surface area contributed by atoms with Gasteiger partial charge in [-0.25, -0.2) is 0 Å². The summed E-state index contributed by atoms with van der Waals surface area (Å²) in [4.78, 5) is 22.9. The molecule has 1 fully saturated rings. The predicted octanol–water partition coefficient (Wildman–Crippen LogP) is 1.70. The second-order valence-electron chi connectivity index (χ2n) is 5.38. The van der Waals surface area contributed by atoms with E-state index >= 15 is 0 Å². The first-order chi connectivity index (χ1) is 10.1. The van der Waals surface area contributed by atoms with Crippen LogP contribution in [0.3, 0.4) is 0 Å². The molecular formula is C16H21NO4. The second-order valence-corrected chi connectivity index (χ2v) is 5.38. The van der Waals surface area contributed by atoms with Gasteiger partial charge in [-0.05, 0) is 43.4 Å². The molecule has 5 heteroatoms. The predicted molar refractivity (Wildman–Crippen MR) is 78.0 cm³/mol. The molecule has 1 atom stereocenters. The number of esters is 1. The van der Waals surface area contributed by atoms with Crippen molar-refractivity contribution < 1.29 is 19.1 Å². The zero-order valence-corrected chi connectivity index (χ0v) is 12.4. The Kier molecular flexibility index (Phi) is 5.20. The van der Waals surface area contributed by atoms with Crippen LogP contribution in [0.1, 0.15) is 25.3 Å². The summed E-state index contributed by atoms with van der Waals surface area (Å²) >= 11 is 0. The van der Waals surface area contributed by atoms with Crippen LogP contribution in [0.5, 0.6) is 5.75 Å². The van der Waals surface area contributed by atoms with E-state index in [1.165, 1.54) is 20.0 Å². The van der Waals surface area contributed by atoms with Gasteiger partial charge in [0.2, 0.25) is 0 Å². The Hall–Kier alpha value is -2.04. The Morgan fingerprint density at radius 2 is 1.95 bits per heavy atom. The van der Waals surface area contributed by atoms with Gasteiger partial charge in [-0.15, -0.1) is 0 Å². The lowest BCUT2D eigenvalue weighted by molar-refractivity contribution is -0.139. The highest BCUT2D eigenvalue weighted by Gasteiger charge is 2.28. The van der Waals surface area contributed by atoms with Gasteiger partial charge < -0.3 is 14.8 Å². The maximum Gasteiger partial charge on any atom is 0.309 e. The smallest absolute Gasteiger partial charge is 0.309 e. The van der Waals surface area contributed by atoms with Crippen molar-refractivity contribution in [2.75, 3.05) is 13.7 Å². The molecule has 1 aromatic carbocycles. The molecule has 0 spiro atoms. The number of carbonyl (C=O) groups is 2. The van der Waals surface area contributed by atoms with Crippen LogP contribution < -0.4 is 10.1 Å². The van der Waals surface area contributed by atoms with E-state index in [0.29, 0.717) is 11.7 Å². The van der Waals surface area contributed by atoms with E-state index < -0.39 is 0 Å². The Labute approximate surface area is 124 Å². The second kappa shape index (κ2) is 7.11. The van der Waals surface area contributed by atoms with E-state index in [1.807, 2.05) is 6.92 Å². The van der Waals surface area contributed by atoms with Gasteiger partial charge >= 0.3 is 5.97 Å². The molecular weight excluding hydrogens is 270 g/mol. The highest BCUT2D eigenvalue weighted by molar-refractivity contribution is 5.77.